The molecule has 0 radical (unpaired) electrons. The molecule has 2 amide bonds. The van der Waals surface area contributed by atoms with E-state index in [1.54, 1.807) is 24.3 Å². The first-order valence-corrected chi connectivity index (χ1v) is 8.00. The number of rotatable bonds is 5. The van der Waals surface area contributed by atoms with Gasteiger partial charge in [0.1, 0.15) is 6.04 Å². The highest BCUT2D eigenvalue weighted by Gasteiger charge is 2.35. The molecule has 2 N–H and O–H groups in total. The Bertz CT molecular complexity index is 725. The number of nitrogens with zero attached hydrogens (tertiary/aromatic N) is 1. The Morgan fingerprint density at radius 2 is 1.57 bits per heavy atom. The summed E-state index contributed by atoms with van der Waals surface area (Å²) in [6.07, 6.45) is 0. The predicted octanol–water partition coefficient (Wildman–Crippen LogP) is 2.26. The van der Waals surface area contributed by atoms with Crippen LogP contribution in [-0.2, 0) is 0 Å². The highest BCUT2D eigenvalue weighted by atomic mass is 35.5. The Morgan fingerprint density at radius 1 is 1.00 bits per heavy atom. The van der Waals surface area contributed by atoms with Crippen LogP contribution in [0, 0.1) is 0 Å². The smallest absolute Gasteiger partial charge is 0.261 e. The molecule has 3 rings (SSSR count). The van der Waals surface area contributed by atoms with Gasteiger partial charge >= 0.3 is 0 Å². The van der Waals surface area contributed by atoms with Gasteiger partial charge in [-0.3, -0.25) is 14.5 Å². The number of quaternary nitrogens is 1. The Labute approximate surface area is 140 Å². The van der Waals surface area contributed by atoms with Gasteiger partial charge in [0.15, 0.2) is 0 Å². The number of halogens is 1. The van der Waals surface area contributed by atoms with Gasteiger partial charge in [-0.2, -0.15) is 0 Å². The molecule has 0 aliphatic carbocycles. The number of hydrogen-bond donors (Lipinski definition) is 1. The molecule has 0 spiro atoms. The minimum atomic E-state index is -0.204. The topological polar surface area (TPSA) is 54.0 Å². The van der Waals surface area contributed by atoms with Crippen LogP contribution in [0.2, 0.25) is 5.02 Å². The van der Waals surface area contributed by atoms with E-state index in [0.29, 0.717) is 24.2 Å². The van der Waals surface area contributed by atoms with Crippen LogP contribution in [0.25, 0.3) is 0 Å². The second-order valence-corrected chi connectivity index (χ2v) is 6.05. The van der Waals surface area contributed by atoms with Crippen molar-refractivity contribution < 1.29 is 14.9 Å². The molecule has 0 saturated heterocycles. The molecule has 1 atom stereocenters. The van der Waals surface area contributed by atoms with Crippen molar-refractivity contribution in [2.24, 2.45) is 0 Å². The Morgan fingerprint density at radius 3 is 2.17 bits per heavy atom. The fraction of sp³-hybridized carbons (Fsp3) is 0.222. The summed E-state index contributed by atoms with van der Waals surface area (Å²) in [6.45, 7) is 3.09. The van der Waals surface area contributed by atoms with Gasteiger partial charge in [-0.15, -0.1) is 0 Å². The van der Waals surface area contributed by atoms with Crippen LogP contribution in [0.3, 0.4) is 0 Å². The quantitative estimate of drug-likeness (QED) is 0.855. The number of nitrogens with two attached hydrogens (primary N) is 1. The molecule has 0 aromatic heterocycles. The molecule has 0 bridgehead atoms. The van der Waals surface area contributed by atoms with Crippen LogP contribution in [0.5, 0.6) is 0 Å². The highest BCUT2D eigenvalue weighted by Crippen LogP contribution is 2.22. The van der Waals surface area contributed by atoms with Crippen molar-refractivity contribution in [3.63, 3.8) is 0 Å². The predicted molar refractivity (Wildman–Crippen MR) is 88.5 cm³/mol. The van der Waals surface area contributed by atoms with Crippen molar-refractivity contribution in [2.75, 3.05) is 13.1 Å². The lowest BCUT2D eigenvalue weighted by Gasteiger charge is -2.16. The Hall–Kier alpha value is -2.17. The second kappa shape index (κ2) is 6.52. The summed E-state index contributed by atoms with van der Waals surface area (Å²) in [4.78, 5) is 25.9. The monoisotopic (exact) mass is 329 g/mol. The first-order valence-electron chi connectivity index (χ1n) is 7.62. The van der Waals surface area contributed by atoms with E-state index in [1.165, 1.54) is 4.90 Å². The first-order chi connectivity index (χ1) is 11.1. The molecule has 2 aromatic carbocycles. The van der Waals surface area contributed by atoms with Crippen LogP contribution >= 0.6 is 11.6 Å². The summed E-state index contributed by atoms with van der Waals surface area (Å²) >= 11 is 6.19. The number of carbonyl (C=O) groups excluding carboxylic acids is 2. The van der Waals surface area contributed by atoms with Crippen molar-refractivity contribution in [3.8, 4) is 0 Å². The maximum atomic E-state index is 12.3. The van der Waals surface area contributed by atoms with E-state index in [1.807, 2.05) is 24.3 Å². The van der Waals surface area contributed by atoms with Crippen LogP contribution in [0.4, 0.5) is 0 Å². The molecular formula is C18H18ClN2O2+. The molecule has 23 heavy (non-hydrogen) atoms. The molecule has 1 aliphatic heterocycles. The summed E-state index contributed by atoms with van der Waals surface area (Å²) in [7, 11) is 0. The lowest BCUT2D eigenvalue weighted by Crippen LogP contribution is -2.86. The summed E-state index contributed by atoms with van der Waals surface area (Å²) in [5.74, 6) is -0.409. The van der Waals surface area contributed by atoms with Gasteiger partial charge in [-0.25, -0.2) is 0 Å². The van der Waals surface area contributed by atoms with Crippen molar-refractivity contribution in [2.45, 2.75) is 13.0 Å². The van der Waals surface area contributed by atoms with E-state index in [0.717, 1.165) is 10.6 Å². The zero-order chi connectivity index (χ0) is 16.4. The molecule has 4 nitrogen and oxygen atoms in total. The van der Waals surface area contributed by atoms with E-state index in [9.17, 15) is 9.59 Å². The minimum Gasteiger partial charge on any atom is -0.339 e. The van der Waals surface area contributed by atoms with Gasteiger partial charge in [0, 0.05) is 10.6 Å². The normalized spacial score (nSPS) is 15.0. The molecule has 118 valence electrons. The van der Waals surface area contributed by atoms with Crippen LogP contribution in [-0.4, -0.2) is 29.8 Å². The van der Waals surface area contributed by atoms with Gasteiger partial charge in [0.2, 0.25) is 0 Å². The maximum absolute atomic E-state index is 12.3. The number of benzene rings is 2. The zero-order valence-corrected chi connectivity index (χ0v) is 13.6. The van der Waals surface area contributed by atoms with Crippen molar-refractivity contribution in [1.82, 2.24) is 4.90 Å². The number of hydrogen-bond acceptors (Lipinski definition) is 2. The average molecular weight is 330 g/mol. The average Bonchev–Trinajstić information content (AvgIpc) is 2.80. The lowest BCUT2D eigenvalue weighted by atomic mass is 10.1. The van der Waals surface area contributed by atoms with Gasteiger partial charge in [0.25, 0.3) is 11.8 Å². The summed E-state index contributed by atoms with van der Waals surface area (Å²) in [5.41, 5.74) is 2.05. The second-order valence-electron chi connectivity index (χ2n) is 5.64. The first kappa shape index (κ1) is 15.7. The molecule has 0 unspecified atom stereocenters. The van der Waals surface area contributed by atoms with E-state index < -0.39 is 0 Å². The van der Waals surface area contributed by atoms with Gasteiger partial charge in [0.05, 0.1) is 24.2 Å². The third kappa shape index (κ3) is 3.00. The minimum absolute atomic E-state index is 0.166. The number of carbonyl (C=O) groups is 2. The van der Waals surface area contributed by atoms with Crippen molar-refractivity contribution >= 4 is 23.4 Å². The van der Waals surface area contributed by atoms with Gasteiger partial charge < -0.3 is 5.32 Å². The van der Waals surface area contributed by atoms with Crippen molar-refractivity contribution in [3.05, 3.63) is 70.2 Å². The third-order valence-electron chi connectivity index (χ3n) is 4.15. The lowest BCUT2D eigenvalue weighted by molar-refractivity contribution is -0.691. The standard InChI is InChI=1S/C18H17ClN2O2/c1-12(13-6-4-5-9-16(13)19)20-10-11-21-17(22)14-7-2-3-8-15(14)18(21)23/h2-9,12,20H,10-11H2,1H3/p+1/t12-/m1/s1. The van der Waals surface area contributed by atoms with Gasteiger partial charge in [-0.1, -0.05) is 41.9 Å². The summed E-state index contributed by atoms with van der Waals surface area (Å²) in [5, 5.41) is 2.82. The Balaban J connectivity index is 1.61. The number of imide groups is 1. The van der Waals surface area contributed by atoms with Crippen LogP contribution < -0.4 is 5.32 Å². The third-order valence-corrected chi connectivity index (χ3v) is 4.49. The van der Waals surface area contributed by atoms with Crippen LogP contribution in [0.1, 0.15) is 39.2 Å². The molecule has 1 aliphatic rings. The summed E-state index contributed by atoms with van der Waals surface area (Å²) in [6, 6.07) is 14.8. The van der Waals surface area contributed by atoms with E-state index >= 15 is 0 Å². The maximum Gasteiger partial charge on any atom is 0.261 e. The molecular weight excluding hydrogens is 312 g/mol. The molecule has 0 fully saturated rings. The Kier molecular flexibility index (Phi) is 4.46. The van der Waals surface area contributed by atoms with Crippen molar-refractivity contribution in [1.29, 1.82) is 0 Å². The molecule has 1 heterocycles. The van der Waals surface area contributed by atoms with E-state index in [4.69, 9.17) is 11.6 Å². The van der Waals surface area contributed by atoms with Gasteiger partial charge in [-0.05, 0) is 25.1 Å². The fourth-order valence-corrected chi connectivity index (χ4v) is 3.18. The summed E-state index contributed by atoms with van der Waals surface area (Å²) < 4.78 is 0. The van der Waals surface area contributed by atoms with E-state index in [2.05, 4.69) is 12.2 Å². The molecule has 0 saturated carbocycles. The molecule has 5 heteroatoms. The largest absolute Gasteiger partial charge is 0.339 e. The zero-order valence-electron chi connectivity index (χ0n) is 12.8. The number of amides is 2. The SMILES string of the molecule is C[C@@H]([NH2+]CCN1C(=O)c2ccccc2C1=O)c1ccccc1Cl. The molecule has 2 aromatic rings. The number of fused-ring (bicyclic) bond motifs is 1. The van der Waals surface area contributed by atoms with E-state index in [-0.39, 0.29) is 17.9 Å². The van der Waals surface area contributed by atoms with Crippen LogP contribution in [0.15, 0.2) is 48.5 Å². The fourth-order valence-electron chi connectivity index (χ4n) is 2.87. The highest BCUT2D eigenvalue weighted by molar-refractivity contribution is 6.31.